The molecule has 2 N–H and O–H groups in total. The molecule has 0 aliphatic carbocycles. The van der Waals surface area contributed by atoms with Gasteiger partial charge in [-0.1, -0.05) is 0 Å². The topological polar surface area (TPSA) is 56.3 Å². The van der Waals surface area contributed by atoms with Crippen LogP contribution in [0.3, 0.4) is 0 Å². The Morgan fingerprint density at radius 2 is 2.38 bits per heavy atom. The second-order valence-corrected chi connectivity index (χ2v) is 3.95. The van der Waals surface area contributed by atoms with Gasteiger partial charge in [-0.2, -0.15) is 5.10 Å². The van der Waals surface area contributed by atoms with Crippen LogP contribution in [0.1, 0.15) is 25.5 Å². The number of guanidine groups is 1. The summed E-state index contributed by atoms with van der Waals surface area (Å²) in [6, 6.07) is 1.96. The molecule has 1 saturated heterocycles. The van der Waals surface area contributed by atoms with Crippen molar-refractivity contribution in [2.45, 2.75) is 26.3 Å². The van der Waals surface area contributed by atoms with Crippen LogP contribution in [0.4, 0.5) is 0 Å². The SMILES string of the molecule is CCNC(=NCc1ccn[nH]1)N1CCCC1. The first kappa shape index (κ1) is 11.0. The van der Waals surface area contributed by atoms with Crippen molar-refractivity contribution >= 4 is 5.96 Å². The molecule has 5 heteroatoms. The third kappa shape index (κ3) is 2.74. The third-order valence-corrected chi connectivity index (χ3v) is 2.70. The van der Waals surface area contributed by atoms with Gasteiger partial charge in [0.2, 0.25) is 0 Å². The van der Waals surface area contributed by atoms with Crippen LogP contribution in [0.2, 0.25) is 0 Å². The molecule has 0 radical (unpaired) electrons. The number of aromatic nitrogens is 2. The zero-order valence-electron chi connectivity index (χ0n) is 9.74. The highest BCUT2D eigenvalue weighted by Crippen LogP contribution is 2.08. The van der Waals surface area contributed by atoms with Crippen LogP contribution in [0.5, 0.6) is 0 Å². The number of nitrogens with one attached hydrogen (secondary N) is 2. The molecule has 1 fully saturated rings. The fourth-order valence-electron chi connectivity index (χ4n) is 1.89. The maximum atomic E-state index is 4.60. The summed E-state index contributed by atoms with van der Waals surface area (Å²) in [5.41, 5.74) is 1.05. The quantitative estimate of drug-likeness (QED) is 0.590. The van der Waals surface area contributed by atoms with E-state index in [9.17, 15) is 0 Å². The lowest BCUT2D eigenvalue weighted by Gasteiger charge is -2.20. The van der Waals surface area contributed by atoms with Gasteiger partial charge in [0.25, 0.3) is 0 Å². The summed E-state index contributed by atoms with van der Waals surface area (Å²) in [6.45, 7) is 5.92. The van der Waals surface area contributed by atoms with Crippen molar-refractivity contribution < 1.29 is 0 Å². The first-order valence-electron chi connectivity index (χ1n) is 5.91. The molecule has 1 aliphatic heterocycles. The van der Waals surface area contributed by atoms with Gasteiger partial charge < -0.3 is 10.2 Å². The summed E-state index contributed by atoms with van der Waals surface area (Å²) in [4.78, 5) is 6.92. The summed E-state index contributed by atoms with van der Waals surface area (Å²) in [6.07, 6.45) is 4.30. The van der Waals surface area contributed by atoms with E-state index in [4.69, 9.17) is 0 Å². The molecule has 0 saturated carbocycles. The van der Waals surface area contributed by atoms with Crippen molar-refractivity contribution in [3.63, 3.8) is 0 Å². The number of H-pyrrole nitrogens is 1. The number of nitrogens with zero attached hydrogens (tertiary/aromatic N) is 3. The third-order valence-electron chi connectivity index (χ3n) is 2.70. The Bertz CT molecular complexity index is 324. The second-order valence-electron chi connectivity index (χ2n) is 3.95. The molecule has 0 amide bonds. The first-order valence-corrected chi connectivity index (χ1v) is 5.91. The lowest BCUT2D eigenvalue weighted by Crippen LogP contribution is -2.39. The highest BCUT2D eigenvalue weighted by atomic mass is 15.3. The van der Waals surface area contributed by atoms with E-state index >= 15 is 0 Å². The summed E-state index contributed by atoms with van der Waals surface area (Å²) in [5, 5.41) is 10.2. The van der Waals surface area contributed by atoms with E-state index in [1.165, 1.54) is 12.8 Å². The van der Waals surface area contributed by atoms with Crippen LogP contribution in [0.25, 0.3) is 0 Å². The summed E-state index contributed by atoms with van der Waals surface area (Å²) < 4.78 is 0. The fraction of sp³-hybridized carbons (Fsp3) is 0.636. The highest BCUT2D eigenvalue weighted by molar-refractivity contribution is 5.80. The molecular weight excluding hydrogens is 202 g/mol. The molecule has 88 valence electrons. The van der Waals surface area contributed by atoms with Crippen molar-refractivity contribution in [2.24, 2.45) is 4.99 Å². The van der Waals surface area contributed by atoms with E-state index in [1.807, 2.05) is 6.07 Å². The molecule has 0 unspecified atom stereocenters. The molecular formula is C11H19N5. The molecule has 1 aliphatic rings. The molecule has 5 nitrogen and oxygen atoms in total. The standard InChI is InChI=1S/C11H19N5/c1-2-12-11(16-7-3-4-8-16)13-9-10-5-6-14-15-10/h5-6H,2-4,7-9H2,1H3,(H,12,13)(H,14,15). The van der Waals surface area contributed by atoms with E-state index in [-0.39, 0.29) is 0 Å². The molecule has 1 aromatic heterocycles. The molecule has 0 spiro atoms. The summed E-state index contributed by atoms with van der Waals surface area (Å²) >= 11 is 0. The minimum absolute atomic E-state index is 0.666. The van der Waals surface area contributed by atoms with Crippen LogP contribution in [0, 0.1) is 0 Å². The average molecular weight is 221 g/mol. The van der Waals surface area contributed by atoms with Crippen LogP contribution in [-0.4, -0.2) is 40.7 Å². The van der Waals surface area contributed by atoms with E-state index in [2.05, 4.69) is 32.3 Å². The normalized spacial score (nSPS) is 16.8. The van der Waals surface area contributed by atoms with Crippen molar-refractivity contribution in [3.8, 4) is 0 Å². The van der Waals surface area contributed by atoms with Gasteiger partial charge in [-0.25, -0.2) is 4.99 Å². The minimum Gasteiger partial charge on any atom is -0.357 e. The van der Waals surface area contributed by atoms with Crippen LogP contribution < -0.4 is 5.32 Å². The van der Waals surface area contributed by atoms with E-state index in [0.29, 0.717) is 6.54 Å². The minimum atomic E-state index is 0.666. The van der Waals surface area contributed by atoms with Crippen molar-refractivity contribution in [3.05, 3.63) is 18.0 Å². The van der Waals surface area contributed by atoms with Gasteiger partial charge in [0.15, 0.2) is 5.96 Å². The summed E-state index contributed by atoms with van der Waals surface area (Å²) in [7, 11) is 0. The Labute approximate surface area is 95.9 Å². The lowest BCUT2D eigenvalue weighted by atomic mass is 10.4. The Morgan fingerprint density at radius 3 is 3.00 bits per heavy atom. The number of hydrogen-bond donors (Lipinski definition) is 2. The van der Waals surface area contributed by atoms with Gasteiger partial charge in [0.1, 0.15) is 0 Å². The van der Waals surface area contributed by atoms with E-state index in [1.54, 1.807) is 6.20 Å². The maximum absolute atomic E-state index is 4.60. The zero-order chi connectivity index (χ0) is 11.2. The van der Waals surface area contributed by atoms with Crippen LogP contribution >= 0.6 is 0 Å². The molecule has 2 heterocycles. The molecule has 0 aromatic carbocycles. The van der Waals surface area contributed by atoms with Crippen molar-refractivity contribution in [1.29, 1.82) is 0 Å². The van der Waals surface area contributed by atoms with Crippen LogP contribution in [0.15, 0.2) is 17.3 Å². The Morgan fingerprint density at radius 1 is 1.56 bits per heavy atom. The van der Waals surface area contributed by atoms with Gasteiger partial charge in [0.05, 0.1) is 12.2 Å². The van der Waals surface area contributed by atoms with Gasteiger partial charge in [-0.05, 0) is 25.8 Å². The average Bonchev–Trinajstić information content (AvgIpc) is 2.96. The number of likely N-dealkylation sites (tertiary alicyclic amines) is 1. The first-order chi connectivity index (χ1) is 7.90. The Hall–Kier alpha value is -1.52. The predicted molar refractivity (Wildman–Crippen MR) is 64.2 cm³/mol. The Balaban J connectivity index is 1.97. The molecule has 2 rings (SSSR count). The van der Waals surface area contributed by atoms with Gasteiger partial charge in [0, 0.05) is 25.8 Å². The molecule has 0 bridgehead atoms. The van der Waals surface area contributed by atoms with Gasteiger partial charge in [-0.3, -0.25) is 5.10 Å². The highest BCUT2D eigenvalue weighted by Gasteiger charge is 2.15. The number of aromatic amines is 1. The van der Waals surface area contributed by atoms with Gasteiger partial charge in [-0.15, -0.1) is 0 Å². The molecule has 0 atom stereocenters. The van der Waals surface area contributed by atoms with Gasteiger partial charge >= 0.3 is 0 Å². The maximum Gasteiger partial charge on any atom is 0.194 e. The predicted octanol–water partition coefficient (Wildman–Crippen LogP) is 0.971. The lowest BCUT2D eigenvalue weighted by molar-refractivity contribution is 0.493. The van der Waals surface area contributed by atoms with Crippen molar-refractivity contribution in [2.75, 3.05) is 19.6 Å². The van der Waals surface area contributed by atoms with E-state index < -0.39 is 0 Å². The number of aliphatic imine (C=N–C) groups is 1. The summed E-state index contributed by atoms with van der Waals surface area (Å²) in [5.74, 6) is 1.02. The monoisotopic (exact) mass is 221 g/mol. The van der Waals surface area contributed by atoms with Crippen molar-refractivity contribution in [1.82, 2.24) is 20.4 Å². The smallest absolute Gasteiger partial charge is 0.194 e. The second kappa shape index (κ2) is 5.53. The van der Waals surface area contributed by atoms with E-state index in [0.717, 1.165) is 31.3 Å². The zero-order valence-corrected chi connectivity index (χ0v) is 9.74. The largest absolute Gasteiger partial charge is 0.357 e. The number of hydrogen-bond acceptors (Lipinski definition) is 2. The molecule has 16 heavy (non-hydrogen) atoms. The number of rotatable bonds is 3. The fourth-order valence-corrected chi connectivity index (χ4v) is 1.89. The van der Waals surface area contributed by atoms with Crippen LogP contribution in [-0.2, 0) is 6.54 Å². The Kier molecular flexibility index (Phi) is 3.80. The molecule has 1 aromatic rings.